The largest absolute Gasteiger partial charge is 0.335 e. The third kappa shape index (κ3) is 3.32. The second kappa shape index (κ2) is 6.49. The standard InChI is InChI=1S/C15H13N5O2S/c16-19-14(12-4-2-1-3-5-12)17-18-15(19)23-10-11-6-8-13(9-7-11)20(21)22/h1-9H,10,16H2. The third-order valence-electron chi connectivity index (χ3n) is 3.21. The summed E-state index contributed by atoms with van der Waals surface area (Å²) in [4.78, 5) is 10.2. The maximum atomic E-state index is 10.6. The molecule has 0 amide bonds. The molecule has 116 valence electrons. The van der Waals surface area contributed by atoms with E-state index in [-0.39, 0.29) is 5.69 Å². The molecule has 2 aromatic carbocycles. The summed E-state index contributed by atoms with van der Waals surface area (Å²) >= 11 is 1.42. The van der Waals surface area contributed by atoms with Crippen LogP contribution in [-0.2, 0) is 5.75 Å². The molecule has 3 rings (SSSR count). The van der Waals surface area contributed by atoms with Gasteiger partial charge in [-0.2, -0.15) is 0 Å². The highest BCUT2D eigenvalue weighted by molar-refractivity contribution is 7.98. The van der Waals surface area contributed by atoms with Crippen LogP contribution in [0.3, 0.4) is 0 Å². The summed E-state index contributed by atoms with van der Waals surface area (Å²) in [6, 6.07) is 16.0. The number of hydrogen-bond donors (Lipinski definition) is 1. The van der Waals surface area contributed by atoms with E-state index >= 15 is 0 Å². The fraction of sp³-hybridized carbons (Fsp3) is 0.0667. The number of nitro groups is 1. The van der Waals surface area contributed by atoms with E-state index < -0.39 is 4.92 Å². The molecule has 0 saturated heterocycles. The van der Waals surface area contributed by atoms with Gasteiger partial charge >= 0.3 is 0 Å². The first-order valence-electron chi connectivity index (χ1n) is 6.77. The van der Waals surface area contributed by atoms with Crippen LogP contribution in [0.4, 0.5) is 5.69 Å². The lowest BCUT2D eigenvalue weighted by molar-refractivity contribution is -0.384. The average Bonchev–Trinajstić information content (AvgIpc) is 2.95. The molecule has 3 aromatic rings. The van der Waals surface area contributed by atoms with Gasteiger partial charge in [0, 0.05) is 23.4 Å². The highest BCUT2D eigenvalue weighted by Crippen LogP contribution is 2.24. The van der Waals surface area contributed by atoms with Crippen LogP contribution >= 0.6 is 11.8 Å². The Bertz CT molecular complexity index is 818. The van der Waals surface area contributed by atoms with Crippen molar-refractivity contribution >= 4 is 17.4 Å². The Balaban J connectivity index is 1.72. The molecule has 0 unspecified atom stereocenters. The fourth-order valence-corrected chi connectivity index (χ4v) is 2.83. The molecule has 1 heterocycles. The lowest BCUT2D eigenvalue weighted by Gasteiger charge is -2.04. The molecule has 0 atom stereocenters. The Kier molecular flexibility index (Phi) is 4.24. The van der Waals surface area contributed by atoms with Gasteiger partial charge in [0.1, 0.15) is 0 Å². The predicted octanol–water partition coefficient (Wildman–Crippen LogP) is 2.86. The molecule has 0 fully saturated rings. The Morgan fingerprint density at radius 1 is 1.09 bits per heavy atom. The van der Waals surface area contributed by atoms with Gasteiger partial charge in [-0.05, 0) is 5.56 Å². The minimum absolute atomic E-state index is 0.0760. The maximum Gasteiger partial charge on any atom is 0.269 e. The van der Waals surface area contributed by atoms with E-state index in [0.717, 1.165) is 11.1 Å². The summed E-state index contributed by atoms with van der Waals surface area (Å²) in [5.74, 6) is 7.24. The van der Waals surface area contributed by atoms with Crippen LogP contribution in [0.2, 0.25) is 0 Å². The van der Waals surface area contributed by atoms with Crippen molar-refractivity contribution in [3.63, 3.8) is 0 Å². The quantitative estimate of drug-likeness (QED) is 0.335. The van der Waals surface area contributed by atoms with Gasteiger partial charge in [-0.15, -0.1) is 10.2 Å². The second-order valence-corrected chi connectivity index (χ2v) is 5.70. The van der Waals surface area contributed by atoms with E-state index in [1.54, 1.807) is 12.1 Å². The summed E-state index contributed by atoms with van der Waals surface area (Å²) in [5, 5.41) is 19.4. The molecule has 1 aromatic heterocycles. The Labute approximate surface area is 136 Å². The van der Waals surface area contributed by atoms with Crippen molar-refractivity contribution in [3.8, 4) is 11.4 Å². The molecule has 0 aliphatic carbocycles. The molecule has 0 radical (unpaired) electrons. The highest BCUT2D eigenvalue weighted by Gasteiger charge is 2.12. The highest BCUT2D eigenvalue weighted by atomic mass is 32.2. The van der Waals surface area contributed by atoms with E-state index in [1.807, 2.05) is 30.3 Å². The maximum absolute atomic E-state index is 10.6. The van der Waals surface area contributed by atoms with Gasteiger partial charge in [0.25, 0.3) is 5.69 Å². The van der Waals surface area contributed by atoms with Crippen LogP contribution in [0.25, 0.3) is 11.4 Å². The first-order chi connectivity index (χ1) is 11.1. The topological polar surface area (TPSA) is 99.9 Å². The first-order valence-corrected chi connectivity index (χ1v) is 7.76. The van der Waals surface area contributed by atoms with E-state index in [4.69, 9.17) is 5.84 Å². The Morgan fingerprint density at radius 3 is 2.43 bits per heavy atom. The summed E-state index contributed by atoms with van der Waals surface area (Å²) in [5.41, 5.74) is 1.92. The molecule has 23 heavy (non-hydrogen) atoms. The number of nitrogen functional groups attached to an aromatic ring is 1. The Hall–Kier alpha value is -2.87. The van der Waals surface area contributed by atoms with Gasteiger partial charge in [0.2, 0.25) is 5.16 Å². The number of benzene rings is 2. The SMILES string of the molecule is Nn1c(SCc2ccc([N+](=O)[O-])cc2)nnc1-c1ccccc1. The van der Waals surface area contributed by atoms with E-state index in [1.165, 1.54) is 28.6 Å². The summed E-state index contributed by atoms with van der Waals surface area (Å²) in [7, 11) is 0. The first kappa shape index (κ1) is 15.0. The molecule has 0 aliphatic heterocycles. The van der Waals surface area contributed by atoms with Crippen molar-refractivity contribution in [2.75, 3.05) is 5.84 Å². The number of thioether (sulfide) groups is 1. The minimum Gasteiger partial charge on any atom is -0.335 e. The van der Waals surface area contributed by atoms with E-state index in [0.29, 0.717) is 16.7 Å². The van der Waals surface area contributed by atoms with Crippen LogP contribution in [0.15, 0.2) is 59.8 Å². The monoisotopic (exact) mass is 327 g/mol. The van der Waals surface area contributed by atoms with Crippen molar-refractivity contribution in [3.05, 3.63) is 70.3 Å². The lowest BCUT2D eigenvalue weighted by atomic mass is 10.2. The van der Waals surface area contributed by atoms with Gasteiger partial charge in [-0.25, -0.2) is 4.68 Å². The van der Waals surface area contributed by atoms with Gasteiger partial charge in [0.05, 0.1) is 4.92 Å². The van der Waals surface area contributed by atoms with Gasteiger partial charge < -0.3 is 5.84 Å². The van der Waals surface area contributed by atoms with Crippen molar-refractivity contribution in [1.82, 2.24) is 14.9 Å². The number of nitrogens with two attached hydrogens (primary N) is 1. The van der Waals surface area contributed by atoms with Crippen molar-refractivity contribution in [2.24, 2.45) is 0 Å². The van der Waals surface area contributed by atoms with Crippen LogP contribution in [-0.4, -0.2) is 19.8 Å². The van der Waals surface area contributed by atoms with E-state index in [2.05, 4.69) is 10.2 Å². The predicted molar refractivity (Wildman–Crippen MR) is 88.3 cm³/mol. The molecular weight excluding hydrogens is 314 g/mol. The smallest absolute Gasteiger partial charge is 0.269 e. The summed E-state index contributed by atoms with van der Waals surface area (Å²) in [6.45, 7) is 0. The number of nitrogens with zero attached hydrogens (tertiary/aromatic N) is 4. The number of non-ortho nitro benzene ring substituents is 1. The van der Waals surface area contributed by atoms with Crippen molar-refractivity contribution in [1.29, 1.82) is 0 Å². The van der Waals surface area contributed by atoms with Gasteiger partial charge in [-0.3, -0.25) is 10.1 Å². The number of aromatic nitrogens is 3. The van der Waals surface area contributed by atoms with Gasteiger partial charge in [-0.1, -0.05) is 54.2 Å². The molecule has 0 bridgehead atoms. The van der Waals surface area contributed by atoms with Crippen LogP contribution in [0.1, 0.15) is 5.56 Å². The van der Waals surface area contributed by atoms with Crippen molar-refractivity contribution in [2.45, 2.75) is 10.9 Å². The third-order valence-corrected chi connectivity index (χ3v) is 4.23. The Morgan fingerprint density at radius 2 is 1.78 bits per heavy atom. The lowest BCUT2D eigenvalue weighted by Crippen LogP contribution is -2.11. The number of hydrogen-bond acceptors (Lipinski definition) is 6. The van der Waals surface area contributed by atoms with Crippen LogP contribution in [0, 0.1) is 10.1 Å². The molecular formula is C15H13N5O2S. The molecule has 0 aliphatic rings. The number of nitro benzene ring substituents is 1. The molecule has 0 spiro atoms. The molecule has 8 heteroatoms. The zero-order valence-corrected chi connectivity index (χ0v) is 12.8. The second-order valence-electron chi connectivity index (χ2n) is 4.75. The van der Waals surface area contributed by atoms with Crippen LogP contribution < -0.4 is 5.84 Å². The molecule has 2 N–H and O–H groups in total. The minimum atomic E-state index is -0.417. The van der Waals surface area contributed by atoms with Crippen molar-refractivity contribution < 1.29 is 4.92 Å². The fourth-order valence-electron chi connectivity index (χ4n) is 2.02. The average molecular weight is 327 g/mol. The summed E-state index contributed by atoms with van der Waals surface area (Å²) < 4.78 is 1.45. The van der Waals surface area contributed by atoms with E-state index in [9.17, 15) is 10.1 Å². The van der Waals surface area contributed by atoms with Crippen LogP contribution in [0.5, 0.6) is 0 Å². The van der Waals surface area contributed by atoms with Gasteiger partial charge in [0.15, 0.2) is 5.82 Å². The normalized spacial score (nSPS) is 10.6. The zero-order valence-electron chi connectivity index (χ0n) is 12.0. The summed E-state index contributed by atoms with van der Waals surface area (Å²) in [6.07, 6.45) is 0. The molecule has 0 saturated carbocycles. The zero-order chi connectivity index (χ0) is 16.2. The number of rotatable bonds is 5. The molecule has 7 nitrogen and oxygen atoms in total.